The lowest BCUT2D eigenvalue weighted by Crippen LogP contribution is -2.64. The minimum Gasteiger partial charge on any atom is -0.341 e. The van der Waals surface area contributed by atoms with Crippen molar-refractivity contribution in [2.75, 3.05) is 6.26 Å². The SMILES string of the molecule is CS(=O)(=O)OC1C(=O)NC1C=O. The number of carbonyl (C=O) groups excluding carboxylic acids is 2. The molecule has 7 heteroatoms. The van der Waals surface area contributed by atoms with Gasteiger partial charge in [-0.25, -0.2) is 0 Å². The molecule has 0 aromatic heterocycles. The van der Waals surface area contributed by atoms with Gasteiger partial charge >= 0.3 is 0 Å². The van der Waals surface area contributed by atoms with Crippen LogP contribution in [0.5, 0.6) is 0 Å². The van der Waals surface area contributed by atoms with Crippen LogP contribution in [0.15, 0.2) is 0 Å². The summed E-state index contributed by atoms with van der Waals surface area (Å²) in [5, 5.41) is 2.17. The first-order valence-electron chi connectivity index (χ1n) is 3.08. The van der Waals surface area contributed by atoms with Crippen molar-refractivity contribution < 1.29 is 22.2 Å². The first-order chi connectivity index (χ1) is 5.44. The summed E-state index contributed by atoms with van der Waals surface area (Å²) in [6.45, 7) is 0. The zero-order valence-corrected chi connectivity index (χ0v) is 7.00. The summed E-state index contributed by atoms with van der Waals surface area (Å²) in [6.07, 6.45) is 0.0649. The second-order valence-electron chi connectivity index (χ2n) is 2.39. The standard InChI is InChI=1S/C5H7NO5S/c1-12(9,10)11-4-3(2-7)6-5(4)8/h2-4H,1H3,(H,6,8). The van der Waals surface area contributed by atoms with Crippen molar-refractivity contribution in [1.29, 1.82) is 0 Å². The first kappa shape index (κ1) is 9.14. The molecule has 1 saturated heterocycles. The number of aldehydes is 1. The van der Waals surface area contributed by atoms with Gasteiger partial charge in [0.1, 0.15) is 12.3 Å². The number of rotatable bonds is 3. The Bertz CT molecular complexity index is 308. The van der Waals surface area contributed by atoms with E-state index in [0.717, 1.165) is 6.26 Å². The molecule has 12 heavy (non-hydrogen) atoms. The Hall–Kier alpha value is -0.950. The fraction of sp³-hybridized carbons (Fsp3) is 0.600. The molecular weight excluding hydrogens is 186 g/mol. The highest BCUT2D eigenvalue weighted by Gasteiger charge is 2.42. The first-order valence-corrected chi connectivity index (χ1v) is 4.89. The van der Waals surface area contributed by atoms with Crippen molar-refractivity contribution >= 4 is 22.3 Å². The normalized spacial score (nSPS) is 28.9. The van der Waals surface area contributed by atoms with Crippen LogP contribution in [0.3, 0.4) is 0 Å². The van der Waals surface area contributed by atoms with E-state index in [9.17, 15) is 18.0 Å². The largest absolute Gasteiger partial charge is 0.341 e. The summed E-state index contributed by atoms with van der Waals surface area (Å²) in [4.78, 5) is 20.8. The van der Waals surface area contributed by atoms with E-state index in [1.807, 2.05) is 0 Å². The van der Waals surface area contributed by atoms with Gasteiger partial charge in [-0.1, -0.05) is 0 Å². The Morgan fingerprint density at radius 2 is 2.17 bits per heavy atom. The molecule has 0 aromatic carbocycles. The molecule has 1 N–H and O–H groups in total. The molecule has 0 bridgehead atoms. The van der Waals surface area contributed by atoms with Crippen LogP contribution in [-0.2, 0) is 23.9 Å². The molecule has 0 saturated carbocycles. The average molecular weight is 193 g/mol. The number of hydrogen-bond donors (Lipinski definition) is 1. The summed E-state index contributed by atoms with van der Waals surface area (Å²) in [6, 6.07) is -0.841. The Labute approximate surface area is 69.0 Å². The molecule has 2 unspecified atom stereocenters. The zero-order chi connectivity index (χ0) is 9.35. The van der Waals surface area contributed by atoms with Crippen molar-refractivity contribution in [3.63, 3.8) is 0 Å². The van der Waals surface area contributed by atoms with E-state index in [1.165, 1.54) is 0 Å². The number of nitrogens with one attached hydrogen (secondary N) is 1. The second-order valence-corrected chi connectivity index (χ2v) is 3.99. The van der Waals surface area contributed by atoms with E-state index in [-0.39, 0.29) is 0 Å². The maximum Gasteiger partial charge on any atom is 0.265 e. The summed E-state index contributed by atoms with van der Waals surface area (Å²) < 4.78 is 25.4. The summed E-state index contributed by atoms with van der Waals surface area (Å²) in [7, 11) is -3.68. The molecule has 6 nitrogen and oxygen atoms in total. The third-order valence-electron chi connectivity index (χ3n) is 1.32. The van der Waals surface area contributed by atoms with Gasteiger partial charge in [0, 0.05) is 0 Å². The molecule has 0 radical (unpaired) electrons. The van der Waals surface area contributed by atoms with Crippen molar-refractivity contribution in [3.8, 4) is 0 Å². The molecule has 1 fully saturated rings. The Balaban J connectivity index is 2.63. The van der Waals surface area contributed by atoms with Gasteiger partial charge in [-0.3, -0.25) is 8.98 Å². The van der Waals surface area contributed by atoms with Gasteiger partial charge < -0.3 is 10.1 Å². The van der Waals surface area contributed by atoms with Crippen LogP contribution < -0.4 is 5.32 Å². The van der Waals surface area contributed by atoms with Gasteiger partial charge in [0.2, 0.25) is 0 Å². The van der Waals surface area contributed by atoms with E-state index >= 15 is 0 Å². The molecule has 1 rings (SSSR count). The number of amides is 1. The fourth-order valence-corrected chi connectivity index (χ4v) is 1.37. The van der Waals surface area contributed by atoms with E-state index in [1.54, 1.807) is 0 Å². The fourth-order valence-electron chi connectivity index (χ4n) is 0.786. The number of carbonyl (C=O) groups is 2. The highest BCUT2D eigenvalue weighted by Crippen LogP contribution is 2.10. The summed E-state index contributed by atoms with van der Waals surface area (Å²) in [5.41, 5.74) is 0. The van der Waals surface area contributed by atoms with Crippen molar-refractivity contribution in [1.82, 2.24) is 5.32 Å². The van der Waals surface area contributed by atoms with E-state index < -0.39 is 28.2 Å². The minimum absolute atomic E-state index is 0.428. The molecule has 2 atom stereocenters. The molecule has 0 aromatic rings. The predicted octanol–water partition coefficient (Wildman–Crippen LogP) is -1.97. The van der Waals surface area contributed by atoms with Crippen LogP contribution in [0.1, 0.15) is 0 Å². The van der Waals surface area contributed by atoms with Gasteiger partial charge in [-0.15, -0.1) is 0 Å². The van der Waals surface area contributed by atoms with Gasteiger partial charge in [-0.05, 0) is 0 Å². The maximum absolute atomic E-state index is 10.6. The highest BCUT2D eigenvalue weighted by atomic mass is 32.2. The molecule has 1 amide bonds. The quantitative estimate of drug-likeness (QED) is 0.319. The Morgan fingerprint density at radius 1 is 1.58 bits per heavy atom. The lowest BCUT2D eigenvalue weighted by molar-refractivity contribution is -0.143. The lowest BCUT2D eigenvalue weighted by atomic mass is 10.1. The smallest absolute Gasteiger partial charge is 0.265 e. The summed E-state index contributed by atoms with van der Waals surface area (Å²) >= 11 is 0. The highest BCUT2D eigenvalue weighted by molar-refractivity contribution is 7.86. The number of β-lactam (4-membered cyclic amide) rings is 1. The molecular formula is C5H7NO5S. The predicted molar refractivity (Wildman–Crippen MR) is 37.7 cm³/mol. The molecule has 1 aliphatic rings. The van der Waals surface area contributed by atoms with Crippen LogP contribution in [0.4, 0.5) is 0 Å². The topological polar surface area (TPSA) is 89.5 Å². The van der Waals surface area contributed by atoms with Crippen molar-refractivity contribution in [3.05, 3.63) is 0 Å². The summed E-state index contributed by atoms with van der Waals surface area (Å²) in [5.74, 6) is -0.586. The Morgan fingerprint density at radius 3 is 2.50 bits per heavy atom. The zero-order valence-electron chi connectivity index (χ0n) is 6.18. The van der Waals surface area contributed by atoms with Gasteiger partial charge in [0.15, 0.2) is 6.10 Å². The second kappa shape index (κ2) is 2.83. The maximum atomic E-state index is 10.6. The molecule has 0 aliphatic carbocycles. The van der Waals surface area contributed by atoms with Crippen LogP contribution in [0, 0.1) is 0 Å². The van der Waals surface area contributed by atoms with Crippen LogP contribution in [-0.4, -0.2) is 39.0 Å². The van der Waals surface area contributed by atoms with E-state index in [4.69, 9.17) is 0 Å². The molecule has 1 aliphatic heterocycles. The minimum atomic E-state index is -3.68. The van der Waals surface area contributed by atoms with Gasteiger partial charge in [0.05, 0.1) is 6.26 Å². The van der Waals surface area contributed by atoms with Crippen molar-refractivity contribution in [2.45, 2.75) is 12.1 Å². The van der Waals surface area contributed by atoms with E-state index in [2.05, 4.69) is 9.50 Å². The number of hydrogen-bond acceptors (Lipinski definition) is 5. The molecule has 0 spiro atoms. The third kappa shape index (κ3) is 1.80. The molecule has 68 valence electrons. The van der Waals surface area contributed by atoms with E-state index in [0.29, 0.717) is 6.29 Å². The third-order valence-corrected chi connectivity index (χ3v) is 1.88. The van der Waals surface area contributed by atoms with Gasteiger partial charge in [0.25, 0.3) is 16.0 Å². The van der Waals surface area contributed by atoms with Crippen molar-refractivity contribution in [2.24, 2.45) is 0 Å². The average Bonchev–Trinajstić information content (AvgIpc) is 1.94. The lowest BCUT2D eigenvalue weighted by Gasteiger charge is -2.30. The monoisotopic (exact) mass is 193 g/mol. The van der Waals surface area contributed by atoms with Gasteiger partial charge in [-0.2, -0.15) is 8.42 Å². The molecule has 1 heterocycles. The Kier molecular flexibility index (Phi) is 2.16. The van der Waals surface area contributed by atoms with Crippen LogP contribution in [0.2, 0.25) is 0 Å². The van der Waals surface area contributed by atoms with Crippen LogP contribution in [0.25, 0.3) is 0 Å². The van der Waals surface area contributed by atoms with Crippen LogP contribution >= 0.6 is 0 Å².